The summed E-state index contributed by atoms with van der Waals surface area (Å²) in [5, 5.41) is 13.5. The molecule has 0 radical (unpaired) electrons. The van der Waals surface area contributed by atoms with E-state index < -0.39 is 0 Å². The van der Waals surface area contributed by atoms with E-state index >= 15 is 0 Å². The molecule has 2 heterocycles. The summed E-state index contributed by atoms with van der Waals surface area (Å²) in [6.45, 7) is 0. The summed E-state index contributed by atoms with van der Waals surface area (Å²) in [6, 6.07) is 10.6. The van der Waals surface area contributed by atoms with Crippen LogP contribution in [0, 0.1) is 0 Å². The Morgan fingerprint density at radius 1 is 1.13 bits per heavy atom. The number of thioether (sulfide) groups is 1. The molecule has 1 N–H and O–H groups in total. The molecule has 0 atom stereocenters. The van der Waals surface area contributed by atoms with Gasteiger partial charge in [0.15, 0.2) is 16.7 Å². The van der Waals surface area contributed by atoms with E-state index in [2.05, 4.69) is 31.4 Å². The van der Waals surface area contributed by atoms with E-state index in [-0.39, 0.29) is 11.7 Å². The SMILES string of the molecule is Cn1c(SCC(=O)Nc2cc(Cl)c(Cl)cc2Cl)nnc1-c1cc2cc(Br)ccc2o1. The summed E-state index contributed by atoms with van der Waals surface area (Å²) < 4.78 is 8.61. The molecule has 154 valence electrons. The molecule has 0 fully saturated rings. The number of hydrogen-bond acceptors (Lipinski definition) is 5. The van der Waals surface area contributed by atoms with E-state index in [9.17, 15) is 4.79 Å². The molecule has 4 aromatic rings. The quantitative estimate of drug-likeness (QED) is 0.223. The summed E-state index contributed by atoms with van der Waals surface area (Å²) in [5.41, 5.74) is 1.15. The number of carbonyl (C=O) groups is 1. The van der Waals surface area contributed by atoms with E-state index in [1.807, 2.05) is 31.3 Å². The Kier molecular flexibility index (Phi) is 6.31. The van der Waals surface area contributed by atoms with Gasteiger partial charge in [-0.25, -0.2) is 0 Å². The molecule has 0 unspecified atom stereocenters. The lowest BCUT2D eigenvalue weighted by molar-refractivity contribution is -0.113. The maximum Gasteiger partial charge on any atom is 0.234 e. The van der Waals surface area contributed by atoms with Crippen molar-refractivity contribution in [1.82, 2.24) is 14.8 Å². The molecular weight excluding hydrogens is 535 g/mol. The first-order valence-corrected chi connectivity index (χ1v) is 11.4. The number of carbonyl (C=O) groups excluding carboxylic acids is 1. The van der Waals surface area contributed by atoms with Crippen molar-refractivity contribution in [2.45, 2.75) is 5.16 Å². The van der Waals surface area contributed by atoms with Crippen LogP contribution in [0.2, 0.25) is 15.1 Å². The summed E-state index contributed by atoms with van der Waals surface area (Å²) in [6.07, 6.45) is 0. The molecule has 1 amide bonds. The van der Waals surface area contributed by atoms with Gasteiger partial charge < -0.3 is 14.3 Å². The highest BCUT2D eigenvalue weighted by molar-refractivity contribution is 9.10. The molecule has 0 aliphatic heterocycles. The molecule has 0 bridgehead atoms. The number of benzene rings is 2. The largest absolute Gasteiger partial charge is 0.453 e. The first-order valence-electron chi connectivity index (χ1n) is 8.48. The number of nitrogens with zero attached hydrogens (tertiary/aromatic N) is 3. The molecule has 0 aliphatic carbocycles. The summed E-state index contributed by atoms with van der Waals surface area (Å²) in [7, 11) is 1.81. The van der Waals surface area contributed by atoms with Crippen molar-refractivity contribution in [2.75, 3.05) is 11.1 Å². The van der Waals surface area contributed by atoms with E-state index in [4.69, 9.17) is 39.2 Å². The van der Waals surface area contributed by atoms with Crippen molar-refractivity contribution in [2.24, 2.45) is 7.05 Å². The Balaban J connectivity index is 1.46. The number of rotatable bonds is 5. The fourth-order valence-corrected chi connectivity index (χ4v) is 4.40. The minimum Gasteiger partial charge on any atom is -0.453 e. The second-order valence-corrected chi connectivity index (χ2v) is 9.32. The molecule has 2 aromatic carbocycles. The third kappa shape index (κ3) is 4.48. The van der Waals surface area contributed by atoms with Crippen molar-refractivity contribution in [3.63, 3.8) is 0 Å². The van der Waals surface area contributed by atoms with Crippen LogP contribution in [0.1, 0.15) is 0 Å². The van der Waals surface area contributed by atoms with E-state index in [1.165, 1.54) is 23.9 Å². The molecule has 0 saturated heterocycles. The van der Waals surface area contributed by atoms with E-state index in [0.29, 0.717) is 37.5 Å². The lowest BCUT2D eigenvalue weighted by Gasteiger charge is -2.08. The van der Waals surface area contributed by atoms with Crippen molar-refractivity contribution in [3.8, 4) is 11.6 Å². The zero-order chi connectivity index (χ0) is 21.4. The number of halogens is 4. The third-order valence-corrected chi connectivity index (χ3v) is 6.70. The number of fused-ring (bicyclic) bond motifs is 1. The summed E-state index contributed by atoms with van der Waals surface area (Å²) in [5.74, 6) is 1.00. The average molecular weight is 547 g/mol. The van der Waals surface area contributed by atoms with Gasteiger partial charge in [0.2, 0.25) is 5.91 Å². The van der Waals surface area contributed by atoms with Crippen LogP contribution in [0.5, 0.6) is 0 Å². The van der Waals surface area contributed by atoms with E-state index in [0.717, 1.165) is 15.4 Å². The van der Waals surface area contributed by atoms with Gasteiger partial charge in [-0.05, 0) is 36.4 Å². The van der Waals surface area contributed by atoms with Crippen molar-refractivity contribution in [1.29, 1.82) is 0 Å². The van der Waals surface area contributed by atoms with Gasteiger partial charge in [-0.2, -0.15) is 0 Å². The second-order valence-electron chi connectivity index (χ2n) is 6.24. The molecule has 30 heavy (non-hydrogen) atoms. The molecule has 2 aromatic heterocycles. The van der Waals surface area contributed by atoms with Gasteiger partial charge in [-0.1, -0.05) is 62.5 Å². The molecule has 0 spiro atoms. The lowest BCUT2D eigenvalue weighted by atomic mass is 10.2. The average Bonchev–Trinajstić information content (AvgIpc) is 3.27. The standard InChI is InChI=1S/C19H12BrCl3N4O2S/c1-27-18(16-5-9-4-10(20)2-3-15(9)29-16)25-26-19(27)30-8-17(28)24-14-7-12(22)11(21)6-13(14)23/h2-7H,8H2,1H3,(H,24,28). The predicted octanol–water partition coefficient (Wildman–Crippen LogP) is 6.68. The van der Waals surface area contributed by atoms with Crippen molar-refractivity contribution in [3.05, 3.63) is 55.9 Å². The number of anilines is 1. The lowest BCUT2D eigenvalue weighted by Crippen LogP contribution is -2.14. The first-order chi connectivity index (χ1) is 14.3. The Hall–Kier alpha value is -1.71. The van der Waals surface area contributed by atoms with Crippen LogP contribution in [0.3, 0.4) is 0 Å². The van der Waals surface area contributed by atoms with Crippen LogP contribution < -0.4 is 5.32 Å². The monoisotopic (exact) mass is 544 g/mol. The molecule has 6 nitrogen and oxygen atoms in total. The number of nitrogens with one attached hydrogen (secondary N) is 1. The van der Waals surface area contributed by atoms with Crippen LogP contribution in [0.25, 0.3) is 22.6 Å². The highest BCUT2D eigenvalue weighted by Gasteiger charge is 2.17. The van der Waals surface area contributed by atoms with Gasteiger partial charge in [0, 0.05) is 16.9 Å². The van der Waals surface area contributed by atoms with Gasteiger partial charge in [0.25, 0.3) is 0 Å². The number of aromatic nitrogens is 3. The van der Waals surface area contributed by atoms with Crippen molar-refractivity contribution < 1.29 is 9.21 Å². The minimum absolute atomic E-state index is 0.107. The Morgan fingerprint density at radius 2 is 1.90 bits per heavy atom. The maximum atomic E-state index is 12.3. The normalized spacial score (nSPS) is 11.2. The van der Waals surface area contributed by atoms with Gasteiger partial charge in [-0.15, -0.1) is 10.2 Å². The van der Waals surface area contributed by atoms with E-state index in [1.54, 1.807) is 4.57 Å². The smallest absolute Gasteiger partial charge is 0.234 e. The van der Waals surface area contributed by atoms with Gasteiger partial charge in [0.05, 0.1) is 26.5 Å². The zero-order valence-corrected chi connectivity index (χ0v) is 19.9. The fraction of sp³-hybridized carbons (Fsp3) is 0.105. The molecule has 11 heteroatoms. The predicted molar refractivity (Wildman–Crippen MR) is 125 cm³/mol. The Labute approximate surface area is 199 Å². The highest BCUT2D eigenvalue weighted by atomic mass is 79.9. The van der Waals surface area contributed by atoms with Crippen LogP contribution >= 0.6 is 62.5 Å². The van der Waals surface area contributed by atoms with Crippen LogP contribution in [-0.2, 0) is 11.8 Å². The van der Waals surface area contributed by atoms with Crippen LogP contribution in [-0.4, -0.2) is 26.4 Å². The third-order valence-electron chi connectivity index (χ3n) is 4.15. The molecule has 4 rings (SSSR count). The molecule has 0 saturated carbocycles. The Morgan fingerprint density at radius 3 is 2.70 bits per heavy atom. The fourth-order valence-electron chi connectivity index (χ4n) is 2.71. The van der Waals surface area contributed by atoms with Crippen LogP contribution in [0.15, 0.2) is 50.4 Å². The molecular formula is C19H12BrCl3N4O2S. The minimum atomic E-state index is -0.265. The summed E-state index contributed by atoms with van der Waals surface area (Å²) >= 11 is 22.7. The second kappa shape index (κ2) is 8.80. The number of hydrogen-bond donors (Lipinski definition) is 1. The number of furan rings is 1. The topological polar surface area (TPSA) is 73.0 Å². The maximum absolute atomic E-state index is 12.3. The van der Waals surface area contributed by atoms with Gasteiger partial charge in [-0.3, -0.25) is 4.79 Å². The highest BCUT2D eigenvalue weighted by Crippen LogP contribution is 2.33. The van der Waals surface area contributed by atoms with Gasteiger partial charge >= 0.3 is 0 Å². The zero-order valence-electron chi connectivity index (χ0n) is 15.2. The van der Waals surface area contributed by atoms with Crippen molar-refractivity contribution >= 4 is 85.1 Å². The first kappa shape index (κ1) is 21.5. The summed E-state index contributed by atoms with van der Waals surface area (Å²) in [4.78, 5) is 12.3. The van der Waals surface area contributed by atoms with Crippen LogP contribution in [0.4, 0.5) is 5.69 Å². The van der Waals surface area contributed by atoms with Gasteiger partial charge in [0.1, 0.15) is 5.58 Å². The Bertz CT molecular complexity index is 1270. The molecule has 0 aliphatic rings. The number of amides is 1.